The molecule has 0 bridgehead atoms. The number of sulfonamides is 2. The minimum atomic E-state index is -4.32. The molecule has 1 heterocycles. The Kier molecular flexibility index (Phi) is 8.18. The highest BCUT2D eigenvalue weighted by Gasteiger charge is 2.25. The molecule has 0 fully saturated rings. The lowest BCUT2D eigenvalue weighted by atomic mass is 10.2. The summed E-state index contributed by atoms with van der Waals surface area (Å²) in [4.78, 5) is 15.5. The van der Waals surface area contributed by atoms with Crippen LogP contribution in [-0.2, 0) is 29.9 Å². The Morgan fingerprint density at radius 2 is 0.800 bits per heavy atom. The SMILES string of the molecule is Cc1ccc(S(=O)(=O)NNc2nc(NNS(=O)(=O)c3ccc(C)cc3)nc(S(=O)(=O)c3ccc(C)cc3)n2)cc1. The Bertz CT molecular complexity index is 1750. The van der Waals surface area contributed by atoms with Gasteiger partial charge in [0.05, 0.1) is 14.7 Å². The zero-order valence-corrected chi connectivity index (χ0v) is 23.9. The Morgan fingerprint density at radius 3 is 1.15 bits per heavy atom. The van der Waals surface area contributed by atoms with E-state index in [-0.39, 0.29) is 14.7 Å². The number of anilines is 2. The van der Waals surface area contributed by atoms with Crippen LogP contribution in [0.25, 0.3) is 0 Å². The van der Waals surface area contributed by atoms with Gasteiger partial charge in [-0.1, -0.05) is 53.1 Å². The van der Waals surface area contributed by atoms with Gasteiger partial charge in [0.1, 0.15) is 0 Å². The summed E-state index contributed by atoms with van der Waals surface area (Å²) in [5, 5.41) is -0.763. The smallest absolute Gasteiger partial charge is 0.258 e. The van der Waals surface area contributed by atoms with Crippen LogP contribution in [0.5, 0.6) is 0 Å². The molecule has 0 aliphatic carbocycles. The van der Waals surface area contributed by atoms with Gasteiger partial charge in [0.25, 0.3) is 25.2 Å². The Morgan fingerprint density at radius 1 is 0.475 bits per heavy atom. The first kappa shape index (κ1) is 29.0. The van der Waals surface area contributed by atoms with Crippen LogP contribution in [0.3, 0.4) is 0 Å². The zero-order chi connectivity index (χ0) is 29.1. The standard InChI is InChI=1S/C24H25N7O6S3/c1-16-4-10-19(11-5-16)38(32,33)24-26-22(28-30-39(34,35)20-12-6-17(2)7-13-20)25-23(27-24)29-31-40(36,37)21-14-8-18(3)9-15-21/h4-15,30-31H,1-3H3,(H2,25,26,27,28,29). The first-order valence-corrected chi connectivity index (χ1v) is 16.0. The Balaban J connectivity index is 1.67. The lowest BCUT2D eigenvalue weighted by molar-refractivity contribution is 0.585. The van der Waals surface area contributed by atoms with Crippen LogP contribution >= 0.6 is 0 Å². The second-order valence-electron chi connectivity index (χ2n) is 8.67. The normalized spacial score (nSPS) is 12.2. The summed E-state index contributed by atoms with van der Waals surface area (Å²) in [7, 11) is -12.5. The Labute approximate surface area is 232 Å². The van der Waals surface area contributed by atoms with Crippen molar-refractivity contribution in [2.24, 2.45) is 0 Å². The lowest BCUT2D eigenvalue weighted by Gasteiger charge is -2.13. The molecule has 4 rings (SSSR count). The Hall–Kier alpha value is -3.96. The van der Waals surface area contributed by atoms with Crippen LogP contribution in [-0.4, -0.2) is 40.2 Å². The third-order valence-corrected chi connectivity index (χ3v) is 9.53. The lowest BCUT2D eigenvalue weighted by Crippen LogP contribution is -2.33. The molecule has 16 heteroatoms. The molecule has 0 radical (unpaired) electrons. The van der Waals surface area contributed by atoms with E-state index >= 15 is 0 Å². The predicted molar refractivity (Wildman–Crippen MR) is 147 cm³/mol. The highest BCUT2D eigenvalue weighted by molar-refractivity contribution is 7.91. The van der Waals surface area contributed by atoms with Crippen LogP contribution < -0.4 is 20.5 Å². The molecule has 0 spiro atoms. The van der Waals surface area contributed by atoms with Gasteiger partial charge >= 0.3 is 0 Å². The number of rotatable bonds is 10. The summed E-state index contributed by atoms with van der Waals surface area (Å²) in [6.45, 7) is 5.37. The maximum absolute atomic E-state index is 13.3. The number of hydrogen-bond donors (Lipinski definition) is 4. The number of benzene rings is 3. The third-order valence-electron chi connectivity index (χ3n) is 5.44. The van der Waals surface area contributed by atoms with Crippen molar-refractivity contribution in [1.29, 1.82) is 0 Å². The number of aromatic nitrogens is 3. The van der Waals surface area contributed by atoms with Gasteiger partial charge in [0.15, 0.2) is 0 Å². The fourth-order valence-electron chi connectivity index (χ4n) is 3.19. The largest absolute Gasteiger partial charge is 0.276 e. The second kappa shape index (κ2) is 11.3. The molecular weight excluding hydrogens is 579 g/mol. The average molecular weight is 604 g/mol. The molecule has 13 nitrogen and oxygen atoms in total. The van der Waals surface area contributed by atoms with E-state index in [1.54, 1.807) is 57.2 Å². The molecule has 0 saturated heterocycles. The molecular formula is C24H25N7O6S3. The van der Waals surface area contributed by atoms with Crippen LogP contribution in [0.1, 0.15) is 16.7 Å². The molecule has 4 aromatic rings. The van der Waals surface area contributed by atoms with Crippen molar-refractivity contribution < 1.29 is 25.3 Å². The maximum Gasteiger partial charge on any atom is 0.258 e. The number of nitrogens with zero attached hydrogens (tertiary/aromatic N) is 3. The molecule has 0 aliphatic rings. The minimum Gasteiger partial charge on any atom is -0.276 e. The number of hydrazine groups is 2. The summed E-state index contributed by atoms with van der Waals surface area (Å²) in [5.41, 5.74) is 7.04. The number of hydrogen-bond acceptors (Lipinski definition) is 11. The van der Waals surface area contributed by atoms with E-state index in [0.29, 0.717) is 0 Å². The van der Waals surface area contributed by atoms with Gasteiger partial charge < -0.3 is 0 Å². The van der Waals surface area contributed by atoms with Crippen molar-refractivity contribution in [1.82, 2.24) is 24.6 Å². The second-order valence-corrected chi connectivity index (χ2v) is 13.9. The topological polar surface area (TPSA) is 189 Å². The van der Waals surface area contributed by atoms with E-state index in [4.69, 9.17) is 0 Å². The van der Waals surface area contributed by atoms with E-state index in [2.05, 4.69) is 35.5 Å². The predicted octanol–water partition coefficient (Wildman–Crippen LogP) is 2.24. The van der Waals surface area contributed by atoms with Gasteiger partial charge in [-0.3, -0.25) is 10.9 Å². The van der Waals surface area contributed by atoms with Crippen molar-refractivity contribution in [3.63, 3.8) is 0 Å². The number of nitrogens with one attached hydrogen (secondary N) is 4. The fraction of sp³-hybridized carbons (Fsp3) is 0.125. The summed E-state index contributed by atoms with van der Waals surface area (Å²) < 4.78 is 77.4. The van der Waals surface area contributed by atoms with Gasteiger partial charge in [0, 0.05) is 0 Å². The average Bonchev–Trinajstić information content (AvgIpc) is 2.91. The quantitative estimate of drug-likeness (QED) is 0.195. The molecule has 0 atom stereocenters. The van der Waals surface area contributed by atoms with Crippen molar-refractivity contribution >= 4 is 41.8 Å². The van der Waals surface area contributed by atoms with Crippen molar-refractivity contribution in [2.75, 3.05) is 10.9 Å². The molecule has 0 aliphatic heterocycles. The first-order chi connectivity index (χ1) is 18.8. The van der Waals surface area contributed by atoms with Gasteiger partial charge in [-0.15, -0.1) is 9.66 Å². The highest BCUT2D eigenvalue weighted by Crippen LogP contribution is 2.20. The summed E-state index contributed by atoms with van der Waals surface area (Å²) >= 11 is 0. The minimum absolute atomic E-state index is 0.0728. The van der Waals surface area contributed by atoms with Crippen molar-refractivity contribution in [2.45, 2.75) is 40.6 Å². The van der Waals surface area contributed by atoms with Gasteiger partial charge in [-0.2, -0.15) is 15.0 Å². The first-order valence-electron chi connectivity index (χ1n) is 11.5. The fourth-order valence-corrected chi connectivity index (χ4v) is 5.98. The number of sulfone groups is 1. The van der Waals surface area contributed by atoms with E-state index in [9.17, 15) is 25.3 Å². The molecule has 0 saturated carbocycles. The number of aryl methyl sites for hydroxylation is 3. The van der Waals surface area contributed by atoms with Crippen molar-refractivity contribution in [3.05, 3.63) is 89.5 Å². The van der Waals surface area contributed by atoms with E-state index < -0.39 is 46.9 Å². The summed E-state index contributed by atoms with van der Waals surface area (Å²) in [5.74, 6) is -1.04. The van der Waals surface area contributed by atoms with Gasteiger partial charge in [-0.25, -0.2) is 25.3 Å². The van der Waals surface area contributed by atoms with Crippen LogP contribution in [0, 0.1) is 20.8 Å². The van der Waals surface area contributed by atoms with Gasteiger partial charge in [-0.05, 0) is 57.2 Å². The molecule has 0 unspecified atom stereocenters. The molecule has 4 N–H and O–H groups in total. The molecule has 3 aromatic carbocycles. The van der Waals surface area contributed by atoms with Crippen molar-refractivity contribution in [3.8, 4) is 0 Å². The molecule has 210 valence electrons. The summed E-state index contributed by atoms with van der Waals surface area (Å²) in [6, 6.07) is 17.8. The molecule has 40 heavy (non-hydrogen) atoms. The monoisotopic (exact) mass is 603 g/mol. The maximum atomic E-state index is 13.3. The molecule has 1 aromatic heterocycles. The van der Waals surface area contributed by atoms with E-state index in [0.717, 1.165) is 16.7 Å². The van der Waals surface area contributed by atoms with Gasteiger partial charge in [0.2, 0.25) is 21.7 Å². The third kappa shape index (κ3) is 6.78. The van der Waals surface area contributed by atoms with Crippen LogP contribution in [0.2, 0.25) is 0 Å². The van der Waals surface area contributed by atoms with E-state index in [1.807, 2.05) is 0 Å². The summed E-state index contributed by atoms with van der Waals surface area (Å²) in [6.07, 6.45) is 0. The van der Waals surface area contributed by atoms with E-state index in [1.165, 1.54) is 36.4 Å². The van der Waals surface area contributed by atoms with Crippen LogP contribution in [0.15, 0.2) is 92.6 Å². The van der Waals surface area contributed by atoms with Crippen LogP contribution in [0.4, 0.5) is 11.9 Å². The molecule has 0 amide bonds. The zero-order valence-electron chi connectivity index (χ0n) is 21.4. The highest BCUT2D eigenvalue weighted by atomic mass is 32.2.